The first-order valence-corrected chi connectivity index (χ1v) is 12.8. The van der Waals surface area contributed by atoms with Crippen molar-refractivity contribution < 1.29 is 23.5 Å². The number of carbonyl (C=O) groups excluding carboxylic acids is 2. The van der Waals surface area contributed by atoms with Gasteiger partial charge in [-0.05, 0) is 81.9 Å². The second-order valence-corrected chi connectivity index (χ2v) is 10.2. The van der Waals surface area contributed by atoms with Crippen LogP contribution in [0.2, 0.25) is 5.02 Å². The van der Waals surface area contributed by atoms with Gasteiger partial charge in [0.05, 0.1) is 33.8 Å². The van der Waals surface area contributed by atoms with Gasteiger partial charge in [-0.15, -0.1) is 0 Å². The first-order valence-electron chi connectivity index (χ1n) is 10.5. The number of thioether (sulfide) groups is 1. The van der Waals surface area contributed by atoms with Crippen molar-refractivity contribution in [1.82, 2.24) is 4.90 Å². The summed E-state index contributed by atoms with van der Waals surface area (Å²) in [5, 5.41) is 9.00. The number of hydrogen-bond acceptors (Lipinski definition) is 6. The summed E-state index contributed by atoms with van der Waals surface area (Å²) in [5.41, 5.74) is 2.39. The van der Waals surface area contributed by atoms with Gasteiger partial charge in [0.2, 0.25) is 0 Å². The molecule has 1 aliphatic rings. The minimum atomic E-state index is -0.497. The van der Waals surface area contributed by atoms with E-state index >= 15 is 0 Å². The highest BCUT2D eigenvalue weighted by Crippen LogP contribution is 2.38. The van der Waals surface area contributed by atoms with Gasteiger partial charge in [0.25, 0.3) is 11.1 Å². The Morgan fingerprint density at radius 2 is 1.94 bits per heavy atom. The van der Waals surface area contributed by atoms with Crippen LogP contribution < -0.4 is 9.47 Å². The highest BCUT2D eigenvalue weighted by Gasteiger charge is 2.35. The largest absolute Gasteiger partial charge is 0.493 e. The molecule has 4 rings (SSSR count). The lowest BCUT2D eigenvalue weighted by molar-refractivity contribution is -0.123. The molecular weight excluding hydrogens is 618 g/mol. The van der Waals surface area contributed by atoms with E-state index in [1.807, 2.05) is 12.1 Å². The Kier molecular flexibility index (Phi) is 8.18. The van der Waals surface area contributed by atoms with Gasteiger partial charge in [-0.2, -0.15) is 5.26 Å². The second kappa shape index (κ2) is 11.3. The number of ether oxygens (including phenoxy) is 2. The molecule has 3 aromatic carbocycles. The van der Waals surface area contributed by atoms with Gasteiger partial charge in [-0.1, -0.05) is 35.9 Å². The van der Waals surface area contributed by atoms with Crippen LogP contribution in [0.25, 0.3) is 6.08 Å². The van der Waals surface area contributed by atoms with Crippen molar-refractivity contribution in [3.8, 4) is 17.6 Å². The van der Waals surface area contributed by atoms with Gasteiger partial charge in [0.15, 0.2) is 11.5 Å². The van der Waals surface area contributed by atoms with Crippen LogP contribution in [0, 0.1) is 20.7 Å². The van der Waals surface area contributed by atoms with E-state index in [2.05, 4.69) is 28.7 Å². The monoisotopic (exact) mass is 634 g/mol. The van der Waals surface area contributed by atoms with E-state index in [-0.39, 0.29) is 23.1 Å². The number of amides is 2. The third-order valence-electron chi connectivity index (χ3n) is 5.28. The molecule has 6 nitrogen and oxygen atoms in total. The van der Waals surface area contributed by atoms with E-state index in [0.29, 0.717) is 28.2 Å². The van der Waals surface area contributed by atoms with Gasteiger partial charge in [-0.3, -0.25) is 14.5 Å². The van der Waals surface area contributed by atoms with Crippen LogP contribution in [0.5, 0.6) is 11.5 Å². The number of imide groups is 1. The molecular formula is C26H17ClFIN2O4S. The van der Waals surface area contributed by atoms with Gasteiger partial charge < -0.3 is 9.47 Å². The van der Waals surface area contributed by atoms with Gasteiger partial charge in [0, 0.05) is 10.6 Å². The Morgan fingerprint density at radius 3 is 2.67 bits per heavy atom. The van der Waals surface area contributed by atoms with Crippen molar-refractivity contribution in [2.24, 2.45) is 0 Å². The molecule has 36 heavy (non-hydrogen) atoms. The molecule has 0 atom stereocenters. The lowest BCUT2D eigenvalue weighted by atomic mass is 10.1. The molecule has 1 heterocycles. The average molecular weight is 635 g/mol. The number of carbonyl (C=O) groups is 2. The number of hydrogen-bond donors (Lipinski definition) is 0. The lowest BCUT2D eigenvalue weighted by Gasteiger charge is -2.14. The quantitative estimate of drug-likeness (QED) is 0.211. The summed E-state index contributed by atoms with van der Waals surface area (Å²) in [4.78, 5) is 26.8. The number of nitriles is 1. The molecule has 0 unspecified atom stereocenters. The molecule has 0 N–H and O–H groups in total. The van der Waals surface area contributed by atoms with Gasteiger partial charge in [-0.25, -0.2) is 4.39 Å². The smallest absolute Gasteiger partial charge is 0.293 e. The average Bonchev–Trinajstić information content (AvgIpc) is 3.12. The maximum atomic E-state index is 13.3. The molecule has 0 spiro atoms. The van der Waals surface area contributed by atoms with Crippen molar-refractivity contribution >= 4 is 63.2 Å². The summed E-state index contributed by atoms with van der Waals surface area (Å²) < 4.78 is 25.5. The van der Waals surface area contributed by atoms with Crippen LogP contribution in [-0.4, -0.2) is 23.2 Å². The van der Waals surface area contributed by atoms with Gasteiger partial charge >= 0.3 is 0 Å². The Balaban J connectivity index is 1.55. The maximum absolute atomic E-state index is 13.3. The molecule has 1 saturated heterocycles. The molecule has 10 heteroatoms. The lowest BCUT2D eigenvalue weighted by Crippen LogP contribution is -2.27. The zero-order valence-electron chi connectivity index (χ0n) is 18.8. The molecule has 0 radical (unpaired) electrons. The molecule has 2 amide bonds. The predicted molar refractivity (Wildman–Crippen MR) is 144 cm³/mol. The summed E-state index contributed by atoms with van der Waals surface area (Å²) in [7, 11) is 1.51. The third-order valence-corrected chi connectivity index (χ3v) is 7.34. The van der Waals surface area contributed by atoms with Crippen LogP contribution in [-0.2, 0) is 17.9 Å². The van der Waals surface area contributed by atoms with E-state index in [9.17, 15) is 19.2 Å². The molecule has 1 fully saturated rings. The minimum Gasteiger partial charge on any atom is -0.493 e. The van der Waals surface area contributed by atoms with Crippen LogP contribution in [0.15, 0.2) is 59.5 Å². The van der Waals surface area contributed by atoms with Crippen molar-refractivity contribution in [3.63, 3.8) is 0 Å². The predicted octanol–water partition coefficient (Wildman–Crippen LogP) is 6.78. The third kappa shape index (κ3) is 5.67. The number of nitrogens with zero attached hydrogens (tertiary/aromatic N) is 2. The minimum absolute atomic E-state index is 0.0566. The Hall–Kier alpha value is -3.07. The second-order valence-electron chi connectivity index (χ2n) is 7.60. The number of methoxy groups -OCH3 is 1. The fraction of sp³-hybridized carbons (Fsp3) is 0.115. The molecule has 0 aromatic heterocycles. The van der Waals surface area contributed by atoms with E-state index in [4.69, 9.17) is 21.1 Å². The summed E-state index contributed by atoms with van der Waals surface area (Å²) in [5.74, 6) is -0.0159. The number of benzene rings is 3. The normalized spacial score (nSPS) is 14.3. The van der Waals surface area contributed by atoms with Crippen molar-refractivity contribution in [2.45, 2.75) is 13.2 Å². The molecule has 0 bridgehead atoms. The highest BCUT2D eigenvalue weighted by atomic mass is 127. The molecule has 0 saturated carbocycles. The number of rotatable bonds is 7. The van der Waals surface area contributed by atoms with Crippen LogP contribution in [0.4, 0.5) is 9.18 Å². The Labute approximate surface area is 229 Å². The van der Waals surface area contributed by atoms with Gasteiger partial charge in [0.1, 0.15) is 12.4 Å². The zero-order valence-corrected chi connectivity index (χ0v) is 22.5. The topological polar surface area (TPSA) is 79.6 Å². The first kappa shape index (κ1) is 26.0. The zero-order chi connectivity index (χ0) is 25.8. The number of halogens is 3. The summed E-state index contributed by atoms with van der Waals surface area (Å²) in [6.07, 6.45) is 1.61. The van der Waals surface area contributed by atoms with Crippen molar-refractivity contribution in [1.29, 1.82) is 5.26 Å². The van der Waals surface area contributed by atoms with Crippen molar-refractivity contribution in [3.05, 3.63) is 96.2 Å². The van der Waals surface area contributed by atoms with E-state index in [1.165, 1.54) is 19.2 Å². The Morgan fingerprint density at radius 1 is 1.17 bits per heavy atom. The SMILES string of the molecule is COc1cc(/C=C2/SC(=O)N(Cc3ccc(F)cc3Cl)C2=O)cc(I)c1OCc1ccccc1C#N. The molecule has 0 aliphatic carbocycles. The van der Waals surface area contributed by atoms with Crippen LogP contribution >= 0.6 is 46.0 Å². The summed E-state index contributed by atoms with van der Waals surface area (Å²) in [6, 6.07) is 16.6. The molecule has 182 valence electrons. The highest BCUT2D eigenvalue weighted by molar-refractivity contribution is 14.1. The molecule has 3 aromatic rings. The van der Waals surface area contributed by atoms with E-state index in [0.717, 1.165) is 31.9 Å². The van der Waals surface area contributed by atoms with Crippen LogP contribution in [0.3, 0.4) is 0 Å². The fourth-order valence-corrected chi connectivity index (χ4v) is 5.32. The van der Waals surface area contributed by atoms with E-state index in [1.54, 1.807) is 30.3 Å². The Bertz CT molecular complexity index is 1440. The maximum Gasteiger partial charge on any atom is 0.293 e. The van der Waals surface area contributed by atoms with E-state index < -0.39 is 17.0 Å². The summed E-state index contributed by atoms with van der Waals surface area (Å²) in [6.45, 7) is 0.124. The summed E-state index contributed by atoms with van der Waals surface area (Å²) >= 11 is 8.98. The first-order chi connectivity index (χ1) is 17.3. The molecule has 1 aliphatic heterocycles. The van der Waals surface area contributed by atoms with Crippen molar-refractivity contribution in [2.75, 3.05) is 7.11 Å². The fourth-order valence-electron chi connectivity index (χ4n) is 3.48. The van der Waals surface area contributed by atoms with Crippen LogP contribution in [0.1, 0.15) is 22.3 Å². The standard InChI is InChI=1S/C26H17ClFIN2O4S/c1-34-22-9-15(8-21(29)24(22)35-14-18-5-3-2-4-16(18)12-30)10-23-25(32)31(26(33)36-23)13-17-6-7-19(28)11-20(17)27/h2-11H,13-14H2,1H3/b23-10+.